The summed E-state index contributed by atoms with van der Waals surface area (Å²) in [5.41, 5.74) is 0.510. The molecule has 104 valence electrons. The number of methoxy groups -OCH3 is 1. The third-order valence-electron chi connectivity index (χ3n) is 2.36. The van der Waals surface area contributed by atoms with E-state index < -0.39 is 11.6 Å². The van der Waals surface area contributed by atoms with Crippen LogP contribution in [-0.2, 0) is 11.3 Å². The fourth-order valence-electron chi connectivity index (χ4n) is 1.47. The first-order valence-electron chi connectivity index (χ1n) is 5.93. The molecule has 1 rings (SSSR count). The van der Waals surface area contributed by atoms with E-state index in [1.54, 1.807) is 7.11 Å². The molecule has 0 amide bonds. The minimum Gasteiger partial charge on any atom is -0.487 e. The Hall–Kier alpha value is -1.64. The molecule has 0 aliphatic carbocycles. The third kappa shape index (κ3) is 5.25. The van der Waals surface area contributed by atoms with Gasteiger partial charge in [-0.1, -0.05) is 0 Å². The molecule has 0 saturated heterocycles. The molecule has 0 fully saturated rings. The molecule has 0 spiro atoms. The second-order valence-electron chi connectivity index (χ2n) is 3.86. The predicted molar refractivity (Wildman–Crippen MR) is 68.9 cm³/mol. The van der Waals surface area contributed by atoms with Gasteiger partial charge in [-0.05, 0) is 17.7 Å². The molecule has 0 bridgehead atoms. The van der Waals surface area contributed by atoms with Crippen LogP contribution in [0.5, 0.6) is 5.75 Å². The zero-order valence-corrected chi connectivity index (χ0v) is 10.8. The van der Waals surface area contributed by atoms with Crippen molar-refractivity contribution in [3.8, 4) is 18.1 Å². The topological polar surface area (TPSA) is 30.5 Å². The van der Waals surface area contributed by atoms with Crippen molar-refractivity contribution in [1.82, 2.24) is 5.32 Å². The molecule has 3 nitrogen and oxygen atoms in total. The second kappa shape index (κ2) is 8.46. The first kappa shape index (κ1) is 15.4. The van der Waals surface area contributed by atoms with Gasteiger partial charge in [0.1, 0.15) is 0 Å². The largest absolute Gasteiger partial charge is 0.487 e. The van der Waals surface area contributed by atoms with Gasteiger partial charge in [-0.25, -0.2) is 8.78 Å². The summed E-state index contributed by atoms with van der Waals surface area (Å²) in [6.45, 7) is 1.61. The van der Waals surface area contributed by atoms with Crippen molar-refractivity contribution >= 4 is 0 Å². The highest BCUT2D eigenvalue weighted by molar-refractivity contribution is 5.31. The van der Waals surface area contributed by atoms with Gasteiger partial charge >= 0.3 is 0 Å². The zero-order chi connectivity index (χ0) is 14.1. The minimum absolute atomic E-state index is 0.0930. The molecule has 0 aliphatic rings. The monoisotopic (exact) mass is 269 g/mol. The lowest BCUT2D eigenvalue weighted by Gasteiger charge is -2.10. The summed E-state index contributed by atoms with van der Waals surface area (Å²) in [5, 5.41) is 3.00. The van der Waals surface area contributed by atoms with E-state index in [0.717, 1.165) is 0 Å². The first-order valence-corrected chi connectivity index (χ1v) is 5.93. The number of rotatable bonds is 8. The van der Waals surface area contributed by atoms with Crippen LogP contribution in [0.2, 0.25) is 0 Å². The Morgan fingerprint density at radius 2 is 1.95 bits per heavy atom. The van der Waals surface area contributed by atoms with Gasteiger partial charge in [0.2, 0.25) is 0 Å². The van der Waals surface area contributed by atoms with Gasteiger partial charge in [0, 0.05) is 26.6 Å². The van der Waals surface area contributed by atoms with Gasteiger partial charge in [-0.2, -0.15) is 0 Å². The van der Waals surface area contributed by atoms with Crippen LogP contribution in [0, 0.1) is 24.0 Å². The first-order chi connectivity index (χ1) is 9.19. The number of nitrogens with one attached hydrogen (secondary N) is 1. The van der Waals surface area contributed by atoms with Crippen LogP contribution in [0.15, 0.2) is 12.1 Å². The lowest BCUT2D eigenvalue weighted by atomic mass is 10.2. The summed E-state index contributed by atoms with van der Waals surface area (Å²) in [7, 11) is 1.59. The van der Waals surface area contributed by atoms with Gasteiger partial charge in [0.05, 0.1) is 13.2 Å². The zero-order valence-electron chi connectivity index (χ0n) is 10.8. The Bertz CT molecular complexity index is 421. The molecule has 0 aromatic heterocycles. The summed E-state index contributed by atoms with van der Waals surface area (Å²) >= 11 is 0. The fourth-order valence-corrected chi connectivity index (χ4v) is 1.47. The SMILES string of the molecule is C#CCCOc1c(F)cc(CNCCOC)cc1F. The highest BCUT2D eigenvalue weighted by Crippen LogP contribution is 2.23. The van der Waals surface area contributed by atoms with E-state index in [2.05, 4.69) is 11.2 Å². The molecule has 0 atom stereocenters. The molecule has 19 heavy (non-hydrogen) atoms. The number of hydrogen-bond acceptors (Lipinski definition) is 3. The molecule has 0 saturated carbocycles. The van der Waals surface area contributed by atoms with E-state index in [-0.39, 0.29) is 12.4 Å². The Morgan fingerprint density at radius 3 is 2.53 bits per heavy atom. The summed E-state index contributed by atoms with van der Waals surface area (Å²) in [4.78, 5) is 0. The van der Waals surface area contributed by atoms with Crippen molar-refractivity contribution in [2.45, 2.75) is 13.0 Å². The maximum atomic E-state index is 13.6. The van der Waals surface area contributed by atoms with E-state index in [1.807, 2.05) is 0 Å². The van der Waals surface area contributed by atoms with Crippen LogP contribution in [0.4, 0.5) is 8.78 Å². The summed E-state index contributed by atoms with van der Waals surface area (Å²) in [6, 6.07) is 2.49. The molecular weight excluding hydrogens is 252 g/mol. The molecule has 0 aliphatic heterocycles. The summed E-state index contributed by atoms with van der Waals surface area (Å²) in [5.74, 6) is 0.514. The maximum Gasteiger partial charge on any atom is 0.190 e. The van der Waals surface area contributed by atoms with Crippen LogP contribution in [-0.4, -0.2) is 26.9 Å². The lowest BCUT2D eigenvalue weighted by molar-refractivity contribution is 0.199. The van der Waals surface area contributed by atoms with E-state index >= 15 is 0 Å². The number of halogens is 2. The molecule has 1 N–H and O–H groups in total. The van der Waals surface area contributed by atoms with Crippen molar-refractivity contribution in [2.75, 3.05) is 26.9 Å². The molecule has 5 heteroatoms. The Kier molecular flexibility index (Phi) is 6.86. The number of benzene rings is 1. The average molecular weight is 269 g/mol. The van der Waals surface area contributed by atoms with Gasteiger partial charge in [0.25, 0.3) is 0 Å². The number of terminal acetylenes is 1. The molecular formula is C14H17F2NO2. The highest BCUT2D eigenvalue weighted by atomic mass is 19.1. The standard InChI is InChI=1S/C14H17F2NO2/c1-3-4-6-19-14-12(15)8-11(9-13(14)16)10-17-5-7-18-2/h1,8-9,17H,4-7,10H2,2H3. The van der Waals surface area contributed by atoms with E-state index in [9.17, 15) is 8.78 Å². The molecule has 0 unspecified atom stereocenters. The van der Waals surface area contributed by atoms with Crippen molar-refractivity contribution in [1.29, 1.82) is 0 Å². The van der Waals surface area contributed by atoms with Crippen LogP contribution < -0.4 is 10.1 Å². The van der Waals surface area contributed by atoms with Crippen LogP contribution in [0.3, 0.4) is 0 Å². The maximum absolute atomic E-state index is 13.6. The molecule has 1 aromatic rings. The van der Waals surface area contributed by atoms with Crippen molar-refractivity contribution in [3.63, 3.8) is 0 Å². The highest BCUT2D eigenvalue weighted by Gasteiger charge is 2.12. The summed E-state index contributed by atoms with van der Waals surface area (Å²) in [6.07, 6.45) is 5.34. The number of hydrogen-bond donors (Lipinski definition) is 1. The molecule has 0 radical (unpaired) electrons. The van der Waals surface area contributed by atoms with Gasteiger partial charge < -0.3 is 14.8 Å². The normalized spacial score (nSPS) is 10.2. The molecule has 1 aromatic carbocycles. The molecule has 0 heterocycles. The van der Waals surface area contributed by atoms with Crippen LogP contribution >= 0.6 is 0 Å². The average Bonchev–Trinajstić information content (AvgIpc) is 2.38. The van der Waals surface area contributed by atoms with E-state index in [0.29, 0.717) is 31.7 Å². The van der Waals surface area contributed by atoms with Crippen molar-refractivity contribution in [2.24, 2.45) is 0 Å². The quantitative estimate of drug-likeness (QED) is 0.579. The van der Waals surface area contributed by atoms with E-state index in [1.165, 1.54) is 12.1 Å². The smallest absolute Gasteiger partial charge is 0.190 e. The van der Waals surface area contributed by atoms with Crippen molar-refractivity contribution in [3.05, 3.63) is 29.3 Å². The fraction of sp³-hybridized carbons (Fsp3) is 0.429. The third-order valence-corrected chi connectivity index (χ3v) is 2.36. The second-order valence-corrected chi connectivity index (χ2v) is 3.86. The van der Waals surface area contributed by atoms with Gasteiger partial charge in [0.15, 0.2) is 17.4 Å². The summed E-state index contributed by atoms with van der Waals surface area (Å²) < 4.78 is 37.1. The van der Waals surface area contributed by atoms with Crippen LogP contribution in [0.25, 0.3) is 0 Å². The predicted octanol–water partition coefficient (Wildman–Crippen LogP) is 2.10. The van der Waals surface area contributed by atoms with Crippen LogP contribution in [0.1, 0.15) is 12.0 Å². The van der Waals surface area contributed by atoms with Gasteiger partial charge in [-0.15, -0.1) is 12.3 Å². The van der Waals surface area contributed by atoms with Gasteiger partial charge in [-0.3, -0.25) is 0 Å². The van der Waals surface area contributed by atoms with Crippen molar-refractivity contribution < 1.29 is 18.3 Å². The Morgan fingerprint density at radius 1 is 1.26 bits per heavy atom. The van der Waals surface area contributed by atoms with E-state index in [4.69, 9.17) is 15.9 Å². The lowest BCUT2D eigenvalue weighted by Crippen LogP contribution is -2.18. The Balaban J connectivity index is 2.60. The number of ether oxygens (including phenoxy) is 2. The minimum atomic E-state index is -0.722. The Labute approximate surface area is 111 Å².